The van der Waals surface area contributed by atoms with Gasteiger partial charge in [0.15, 0.2) is 17.2 Å². The van der Waals surface area contributed by atoms with Crippen LogP contribution in [0, 0.1) is 0 Å². The van der Waals surface area contributed by atoms with Crippen molar-refractivity contribution in [3.05, 3.63) is 89.6 Å². The SMILES string of the molecule is COc1cc(/C=C2/N=C(c3ccc(-c4ccccc4)cc3)OC2=O)ccc1OC(C)=O. The van der Waals surface area contributed by atoms with E-state index in [-0.39, 0.29) is 11.6 Å². The van der Waals surface area contributed by atoms with E-state index in [2.05, 4.69) is 4.99 Å². The fourth-order valence-corrected chi connectivity index (χ4v) is 3.14. The van der Waals surface area contributed by atoms with E-state index in [0.717, 1.165) is 11.1 Å². The lowest BCUT2D eigenvalue weighted by Gasteiger charge is -2.08. The quantitative estimate of drug-likeness (QED) is 0.346. The number of nitrogens with zero attached hydrogens (tertiary/aromatic N) is 1. The van der Waals surface area contributed by atoms with Gasteiger partial charge in [-0.2, -0.15) is 0 Å². The van der Waals surface area contributed by atoms with Crippen LogP contribution in [0.25, 0.3) is 17.2 Å². The van der Waals surface area contributed by atoms with Crippen molar-refractivity contribution in [2.45, 2.75) is 6.92 Å². The van der Waals surface area contributed by atoms with E-state index in [0.29, 0.717) is 22.6 Å². The molecular formula is C25H19NO5. The number of hydrogen-bond donors (Lipinski definition) is 0. The van der Waals surface area contributed by atoms with E-state index < -0.39 is 11.9 Å². The molecule has 0 bridgehead atoms. The predicted octanol–water partition coefficient (Wildman–Crippen LogP) is 4.63. The van der Waals surface area contributed by atoms with E-state index in [1.165, 1.54) is 14.0 Å². The molecule has 154 valence electrons. The second kappa shape index (κ2) is 8.67. The fraction of sp³-hybridized carbons (Fsp3) is 0.0800. The van der Waals surface area contributed by atoms with Gasteiger partial charge in [0.2, 0.25) is 5.90 Å². The highest BCUT2D eigenvalue weighted by Gasteiger charge is 2.24. The molecule has 0 saturated carbocycles. The summed E-state index contributed by atoms with van der Waals surface area (Å²) in [6.07, 6.45) is 1.59. The number of benzene rings is 3. The Hall–Kier alpha value is -4.19. The number of ether oxygens (including phenoxy) is 3. The molecular weight excluding hydrogens is 394 g/mol. The summed E-state index contributed by atoms with van der Waals surface area (Å²) >= 11 is 0. The molecule has 0 saturated heterocycles. The second-order valence-electron chi connectivity index (χ2n) is 6.78. The molecule has 0 spiro atoms. The largest absolute Gasteiger partial charge is 0.493 e. The highest BCUT2D eigenvalue weighted by Crippen LogP contribution is 2.30. The van der Waals surface area contributed by atoms with Gasteiger partial charge in [-0.3, -0.25) is 4.79 Å². The normalized spacial score (nSPS) is 14.2. The molecule has 0 unspecified atom stereocenters. The number of carbonyl (C=O) groups is 2. The average Bonchev–Trinajstić information content (AvgIpc) is 3.15. The Bertz CT molecular complexity index is 1190. The fourth-order valence-electron chi connectivity index (χ4n) is 3.14. The molecule has 3 aromatic carbocycles. The van der Waals surface area contributed by atoms with Crippen molar-refractivity contribution in [1.82, 2.24) is 0 Å². The third kappa shape index (κ3) is 4.53. The van der Waals surface area contributed by atoms with Gasteiger partial charge in [-0.05, 0) is 47.0 Å². The molecule has 0 aliphatic carbocycles. The van der Waals surface area contributed by atoms with Gasteiger partial charge in [0.25, 0.3) is 0 Å². The van der Waals surface area contributed by atoms with Gasteiger partial charge < -0.3 is 14.2 Å². The van der Waals surface area contributed by atoms with Crippen LogP contribution in [0.3, 0.4) is 0 Å². The summed E-state index contributed by atoms with van der Waals surface area (Å²) in [5.41, 5.74) is 3.70. The maximum absolute atomic E-state index is 12.3. The Morgan fingerprint density at radius 3 is 2.26 bits per heavy atom. The summed E-state index contributed by atoms with van der Waals surface area (Å²) in [7, 11) is 1.47. The lowest BCUT2D eigenvalue weighted by atomic mass is 10.0. The van der Waals surface area contributed by atoms with Gasteiger partial charge in [-0.15, -0.1) is 0 Å². The van der Waals surface area contributed by atoms with Gasteiger partial charge in [0.1, 0.15) is 0 Å². The first-order valence-electron chi connectivity index (χ1n) is 9.58. The smallest absolute Gasteiger partial charge is 0.363 e. The summed E-state index contributed by atoms with van der Waals surface area (Å²) in [5, 5.41) is 0. The Morgan fingerprint density at radius 1 is 0.903 bits per heavy atom. The topological polar surface area (TPSA) is 74.2 Å². The lowest BCUT2D eigenvalue weighted by molar-refractivity contribution is -0.132. The lowest BCUT2D eigenvalue weighted by Crippen LogP contribution is -2.05. The van der Waals surface area contributed by atoms with E-state index in [4.69, 9.17) is 14.2 Å². The maximum atomic E-state index is 12.3. The second-order valence-corrected chi connectivity index (χ2v) is 6.78. The zero-order valence-electron chi connectivity index (χ0n) is 17.0. The number of aliphatic imine (C=N–C) groups is 1. The van der Waals surface area contributed by atoms with Crippen LogP contribution in [0.5, 0.6) is 11.5 Å². The maximum Gasteiger partial charge on any atom is 0.363 e. The van der Waals surface area contributed by atoms with Crippen molar-refractivity contribution in [2.24, 2.45) is 4.99 Å². The molecule has 6 nitrogen and oxygen atoms in total. The van der Waals surface area contributed by atoms with Crippen molar-refractivity contribution in [3.63, 3.8) is 0 Å². The van der Waals surface area contributed by atoms with Gasteiger partial charge in [-0.25, -0.2) is 9.79 Å². The highest BCUT2D eigenvalue weighted by atomic mass is 16.6. The highest BCUT2D eigenvalue weighted by molar-refractivity contribution is 6.13. The van der Waals surface area contributed by atoms with Crippen LogP contribution in [0.1, 0.15) is 18.1 Å². The third-order valence-corrected chi connectivity index (χ3v) is 4.60. The zero-order chi connectivity index (χ0) is 21.8. The Balaban J connectivity index is 1.58. The number of cyclic esters (lactones) is 1. The van der Waals surface area contributed by atoms with Crippen molar-refractivity contribution >= 4 is 23.9 Å². The molecule has 0 fully saturated rings. The molecule has 1 aliphatic rings. The van der Waals surface area contributed by atoms with E-state index in [1.54, 1.807) is 24.3 Å². The number of methoxy groups -OCH3 is 1. The molecule has 3 aromatic rings. The van der Waals surface area contributed by atoms with Gasteiger partial charge in [0, 0.05) is 12.5 Å². The molecule has 4 rings (SSSR count). The van der Waals surface area contributed by atoms with Crippen LogP contribution in [0.4, 0.5) is 0 Å². The summed E-state index contributed by atoms with van der Waals surface area (Å²) in [6, 6.07) is 22.6. The molecule has 31 heavy (non-hydrogen) atoms. The Kier molecular flexibility index (Phi) is 5.62. The standard InChI is InChI=1S/C25H19NO5/c1-16(27)30-22-13-8-17(15-23(22)29-2)14-21-25(28)31-24(26-21)20-11-9-19(10-12-20)18-6-4-3-5-7-18/h3-15H,1-2H3/b21-14+. The summed E-state index contributed by atoms with van der Waals surface area (Å²) in [4.78, 5) is 27.8. The number of esters is 2. The summed E-state index contributed by atoms with van der Waals surface area (Å²) in [5.74, 6) is -0.0636. The number of carbonyl (C=O) groups excluding carboxylic acids is 2. The first-order chi connectivity index (χ1) is 15.0. The molecule has 1 aliphatic heterocycles. The van der Waals surface area contributed by atoms with Gasteiger partial charge in [-0.1, -0.05) is 48.5 Å². The minimum Gasteiger partial charge on any atom is -0.493 e. The molecule has 0 aromatic heterocycles. The molecule has 1 heterocycles. The Labute approximate surface area is 179 Å². The van der Waals surface area contributed by atoms with Crippen LogP contribution in [0.15, 0.2) is 83.5 Å². The minimum atomic E-state index is -0.537. The zero-order valence-corrected chi connectivity index (χ0v) is 17.0. The van der Waals surface area contributed by atoms with Crippen LogP contribution in [0.2, 0.25) is 0 Å². The average molecular weight is 413 g/mol. The van der Waals surface area contributed by atoms with Crippen molar-refractivity contribution in [1.29, 1.82) is 0 Å². The van der Waals surface area contributed by atoms with Gasteiger partial charge in [0.05, 0.1) is 7.11 Å². The van der Waals surface area contributed by atoms with Crippen molar-refractivity contribution in [3.8, 4) is 22.6 Å². The number of hydrogen-bond acceptors (Lipinski definition) is 6. The minimum absolute atomic E-state index is 0.171. The van der Waals surface area contributed by atoms with Crippen LogP contribution >= 0.6 is 0 Å². The molecule has 0 atom stereocenters. The first kappa shape index (κ1) is 20.1. The van der Waals surface area contributed by atoms with Gasteiger partial charge >= 0.3 is 11.9 Å². The molecule has 0 amide bonds. The third-order valence-electron chi connectivity index (χ3n) is 4.60. The molecule has 0 radical (unpaired) electrons. The first-order valence-corrected chi connectivity index (χ1v) is 9.58. The van der Waals surface area contributed by atoms with Crippen LogP contribution in [-0.2, 0) is 14.3 Å². The van der Waals surface area contributed by atoms with Crippen molar-refractivity contribution in [2.75, 3.05) is 7.11 Å². The van der Waals surface area contributed by atoms with E-state index in [9.17, 15) is 9.59 Å². The van der Waals surface area contributed by atoms with Crippen molar-refractivity contribution < 1.29 is 23.8 Å². The Morgan fingerprint density at radius 2 is 1.58 bits per heavy atom. The molecule has 6 heteroatoms. The predicted molar refractivity (Wildman–Crippen MR) is 117 cm³/mol. The van der Waals surface area contributed by atoms with E-state index in [1.807, 2.05) is 54.6 Å². The van der Waals surface area contributed by atoms with Crippen LogP contribution < -0.4 is 9.47 Å². The van der Waals surface area contributed by atoms with E-state index >= 15 is 0 Å². The molecule has 0 N–H and O–H groups in total. The van der Waals surface area contributed by atoms with Crippen LogP contribution in [-0.4, -0.2) is 24.9 Å². The monoisotopic (exact) mass is 413 g/mol. The number of rotatable bonds is 5. The summed E-state index contributed by atoms with van der Waals surface area (Å²) < 4.78 is 15.7. The summed E-state index contributed by atoms with van der Waals surface area (Å²) in [6.45, 7) is 1.31.